The Hall–Kier alpha value is -3.27. The summed E-state index contributed by atoms with van der Waals surface area (Å²) in [4.78, 5) is 10.9. The zero-order chi connectivity index (χ0) is 18.9. The Kier molecular flexibility index (Phi) is 6.47. The summed E-state index contributed by atoms with van der Waals surface area (Å²) in [5.41, 5.74) is 3.02. The summed E-state index contributed by atoms with van der Waals surface area (Å²) >= 11 is 0. The van der Waals surface area contributed by atoms with Crippen molar-refractivity contribution in [2.75, 3.05) is 0 Å². The molecule has 4 nitrogen and oxygen atoms in total. The number of aryl methyl sites for hydroxylation is 1. The van der Waals surface area contributed by atoms with E-state index in [1.165, 1.54) is 0 Å². The van der Waals surface area contributed by atoms with Crippen molar-refractivity contribution in [2.24, 2.45) is 0 Å². The van der Waals surface area contributed by atoms with Crippen molar-refractivity contribution in [3.8, 4) is 11.5 Å². The van der Waals surface area contributed by atoms with E-state index >= 15 is 0 Å². The maximum Gasteiger partial charge on any atom is 0.303 e. The highest BCUT2D eigenvalue weighted by atomic mass is 16.5. The molecule has 0 heterocycles. The monoisotopic (exact) mass is 362 g/mol. The van der Waals surface area contributed by atoms with Crippen molar-refractivity contribution in [3.63, 3.8) is 0 Å². The Labute approximate surface area is 159 Å². The third kappa shape index (κ3) is 6.19. The smallest absolute Gasteiger partial charge is 0.303 e. The molecule has 0 aromatic heterocycles. The molecular formula is C23H22O4. The predicted molar refractivity (Wildman–Crippen MR) is 104 cm³/mol. The van der Waals surface area contributed by atoms with Gasteiger partial charge in [-0.3, -0.25) is 4.79 Å². The lowest BCUT2D eigenvalue weighted by Crippen LogP contribution is -2.01. The quantitative estimate of drug-likeness (QED) is 0.590. The molecule has 1 N–H and O–H groups in total. The zero-order valence-electron chi connectivity index (χ0n) is 15.0. The molecule has 0 aliphatic rings. The minimum absolute atomic E-state index is 0.0697. The first kappa shape index (κ1) is 18.5. The number of ether oxygens (including phenoxy) is 2. The molecule has 3 aromatic carbocycles. The summed E-state index contributed by atoms with van der Waals surface area (Å²) in [5.74, 6) is 0.520. The molecule has 0 bridgehead atoms. The Morgan fingerprint density at radius 1 is 0.704 bits per heavy atom. The van der Waals surface area contributed by atoms with E-state index in [1.807, 2.05) is 78.9 Å². The molecule has 0 amide bonds. The summed E-state index contributed by atoms with van der Waals surface area (Å²) in [6.45, 7) is 0.892. The first-order valence-electron chi connectivity index (χ1n) is 8.88. The van der Waals surface area contributed by atoms with Crippen molar-refractivity contribution < 1.29 is 19.4 Å². The molecule has 0 atom stereocenters. The maximum atomic E-state index is 10.9. The van der Waals surface area contributed by atoms with Gasteiger partial charge in [0.25, 0.3) is 0 Å². The third-order valence-electron chi connectivity index (χ3n) is 4.06. The number of rotatable bonds is 9. The van der Waals surface area contributed by atoms with Gasteiger partial charge in [-0.05, 0) is 35.2 Å². The van der Waals surface area contributed by atoms with Crippen LogP contribution in [0.4, 0.5) is 0 Å². The lowest BCUT2D eigenvalue weighted by molar-refractivity contribution is -0.136. The van der Waals surface area contributed by atoms with E-state index in [9.17, 15) is 4.79 Å². The fraction of sp³-hybridized carbons (Fsp3) is 0.174. The van der Waals surface area contributed by atoms with Gasteiger partial charge in [-0.1, -0.05) is 60.7 Å². The van der Waals surface area contributed by atoms with Gasteiger partial charge in [0.15, 0.2) is 0 Å². The maximum absolute atomic E-state index is 10.9. The van der Waals surface area contributed by atoms with Gasteiger partial charge in [-0.25, -0.2) is 0 Å². The molecule has 0 spiro atoms. The molecule has 0 unspecified atom stereocenters. The van der Waals surface area contributed by atoms with Crippen LogP contribution in [0.3, 0.4) is 0 Å². The van der Waals surface area contributed by atoms with Gasteiger partial charge >= 0.3 is 5.97 Å². The first-order valence-corrected chi connectivity index (χ1v) is 8.88. The average molecular weight is 362 g/mol. The summed E-state index contributed by atoms with van der Waals surface area (Å²) in [5, 5.41) is 8.95. The van der Waals surface area contributed by atoms with Crippen molar-refractivity contribution in [1.82, 2.24) is 0 Å². The molecular weight excluding hydrogens is 340 g/mol. The number of benzene rings is 3. The summed E-state index contributed by atoms with van der Waals surface area (Å²) in [7, 11) is 0. The van der Waals surface area contributed by atoms with Gasteiger partial charge in [0.05, 0.1) is 0 Å². The van der Waals surface area contributed by atoms with Crippen LogP contribution < -0.4 is 9.47 Å². The normalized spacial score (nSPS) is 10.4. The van der Waals surface area contributed by atoms with Gasteiger partial charge in [-0.15, -0.1) is 0 Å². The van der Waals surface area contributed by atoms with Crippen LogP contribution in [0.2, 0.25) is 0 Å². The van der Waals surface area contributed by atoms with Crippen LogP contribution >= 0.6 is 0 Å². The van der Waals surface area contributed by atoms with Crippen LogP contribution in [0, 0.1) is 0 Å². The largest absolute Gasteiger partial charge is 0.489 e. The van der Waals surface area contributed by atoms with E-state index in [4.69, 9.17) is 14.6 Å². The van der Waals surface area contributed by atoms with Gasteiger partial charge in [0, 0.05) is 12.5 Å². The van der Waals surface area contributed by atoms with Crippen LogP contribution in [0.5, 0.6) is 11.5 Å². The zero-order valence-corrected chi connectivity index (χ0v) is 15.0. The molecule has 0 saturated heterocycles. The Morgan fingerprint density at radius 3 is 1.63 bits per heavy atom. The second-order valence-corrected chi connectivity index (χ2v) is 6.25. The van der Waals surface area contributed by atoms with E-state index in [-0.39, 0.29) is 6.42 Å². The number of carboxylic acids is 1. The van der Waals surface area contributed by atoms with Crippen molar-refractivity contribution in [2.45, 2.75) is 26.1 Å². The van der Waals surface area contributed by atoms with E-state index in [2.05, 4.69) is 0 Å². The minimum atomic E-state index is -0.822. The van der Waals surface area contributed by atoms with Crippen LogP contribution in [-0.4, -0.2) is 11.1 Å². The van der Waals surface area contributed by atoms with Gasteiger partial charge < -0.3 is 14.6 Å². The fourth-order valence-electron chi connectivity index (χ4n) is 2.67. The number of carboxylic acid groups (broad SMARTS) is 1. The molecule has 0 fully saturated rings. The van der Waals surface area contributed by atoms with Crippen LogP contribution in [0.25, 0.3) is 0 Å². The second kappa shape index (κ2) is 9.43. The van der Waals surface area contributed by atoms with Crippen molar-refractivity contribution in [3.05, 3.63) is 95.6 Å². The van der Waals surface area contributed by atoms with E-state index in [1.54, 1.807) is 0 Å². The Balaban J connectivity index is 1.72. The summed E-state index contributed by atoms with van der Waals surface area (Å²) < 4.78 is 11.8. The average Bonchev–Trinajstić information content (AvgIpc) is 2.71. The molecule has 27 heavy (non-hydrogen) atoms. The molecule has 0 aliphatic heterocycles. The van der Waals surface area contributed by atoms with Crippen LogP contribution in [0.15, 0.2) is 78.9 Å². The van der Waals surface area contributed by atoms with Gasteiger partial charge in [0.2, 0.25) is 0 Å². The Morgan fingerprint density at radius 2 is 1.19 bits per heavy atom. The number of carbonyl (C=O) groups is 1. The highest BCUT2D eigenvalue weighted by molar-refractivity contribution is 5.67. The number of hydrogen-bond donors (Lipinski definition) is 1. The Bertz CT molecular complexity index is 798. The van der Waals surface area contributed by atoms with Crippen molar-refractivity contribution >= 4 is 5.97 Å². The molecule has 3 aromatic rings. The lowest BCUT2D eigenvalue weighted by Gasteiger charge is -2.12. The molecule has 0 radical (unpaired) electrons. The summed E-state index contributed by atoms with van der Waals surface area (Å²) in [6.07, 6.45) is 0.500. The molecule has 0 aliphatic carbocycles. The second-order valence-electron chi connectivity index (χ2n) is 6.25. The lowest BCUT2D eigenvalue weighted by atomic mass is 10.1. The van der Waals surface area contributed by atoms with Gasteiger partial charge in [-0.2, -0.15) is 0 Å². The van der Waals surface area contributed by atoms with Crippen molar-refractivity contribution in [1.29, 1.82) is 0 Å². The van der Waals surface area contributed by atoms with E-state index in [0.29, 0.717) is 31.1 Å². The minimum Gasteiger partial charge on any atom is -0.489 e. The number of hydrogen-bond acceptors (Lipinski definition) is 3. The molecule has 4 heteroatoms. The molecule has 138 valence electrons. The third-order valence-corrected chi connectivity index (χ3v) is 4.06. The predicted octanol–water partition coefficient (Wildman–Crippen LogP) is 4.86. The van der Waals surface area contributed by atoms with E-state index in [0.717, 1.165) is 16.7 Å². The highest BCUT2D eigenvalue weighted by Gasteiger charge is 2.07. The SMILES string of the molecule is O=C(O)CCc1cc(OCc2ccccc2)cc(OCc2ccccc2)c1. The standard InChI is InChI=1S/C23H22O4/c24-23(25)12-11-20-13-21(26-16-18-7-3-1-4-8-18)15-22(14-20)27-17-19-9-5-2-6-10-19/h1-10,13-15H,11-12,16-17H2,(H,24,25). The highest BCUT2D eigenvalue weighted by Crippen LogP contribution is 2.25. The molecule has 0 saturated carbocycles. The van der Waals surface area contributed by atoms with Crippen LogP contribution in [0.1, 0.15) is 23.1 Å². The molecule has 3 rings (SSSR count). The topological polar surface area (TPSA) is 55.8 Å². The number of aliphatic carboxylic acids is 1. The van der Waals surface area contributed by atoms with Gasteiger partial charge in [0.1, 0.15) is 24.7 Å². The summed E-state index contributed by atoms with van der Waals surface area (Å²) in [6, 6.07) is 25.4. The first-order chi connectivity index (χ1) is 13.2. The van der Waals surface area contributed by atoms with E-state index < -0.39 is 5.97 Å². The van der Waals surface area contributed by atoms with Crippen LogP contribution in [-0.2, 0) is 24.4 Å². The fourth-order valence-corrected chi connectivity index (χ4v) is 2.67.